The molecule has 0 unspecified atom stereocenters. The Kier molecular flexibility index (Phi) is 7.43. The average Bonchev–Trinajstić information content (AvgIpc) is 3.04. The Bertz CT molecular complexity index is 584. The fourth-order valence-corrected chi connectivity index (χ4v) is 2.27. The van der Waals surface area contributed by atoms with Crippen LogP contribution in [0.3, 0.4) is 0 Å². The molecular weight excluding hydrogens is 300 g/mol. The molecule has 1 aliphatic rings. The molecule has 1 atom stereocenters. The molecule has 0 spiro atoms. The second kappa shape index (κ2) is 9.07. The topological polar surface area (TPSA) is 75.4 Å². The molecule has 5 heteroatoms. The van der Waals surface area contributed by atoms with Gasteiger partial charge in [0, 0.05) is 11.3 Å². The zero-order valence-corrected chi connectivity index (χ0v) is 13.1. The normalized spacial score (nSPS) is 16.1. The van der Waals surface area contributed by atoms with Crippen molar-refractivity contribution >= 4 is 24.1 Å². The summed E-state index contributed by atoms with van der Waals surface area (Å²) in [6, 6.07) is 17.8. The minimum absolute atomic E-state index is 0. The molecule has 2 aromatic rings. The molecule has 0 bridgehead atoms. The van der Waals surface area contributed by atoms with E-state index in [9.17, 15) is 4.79 Å². The van der Waals surface area contributed by atoms with Crippen LogP contribution in [0.2, 0.25) is 0 Å². The Balaban J connectivity index is 0.000000234. The monoisotopic (exact) mass is 320 g/mol. The molecule has 4 nitrogen and oxygen atoms in total. The number of anilines is 1. The molecule has 0 aromatic heterocycles. The Morgan fingerprint density at radius 1 is 1.09 bits per heavy atom. The predicted octanol–water partition coefficient (Wildman–Crippen LogP) is 3.18. The van der Waals surface area contributed by atoms with Gasteiger partial charge >= 0.3 is 5.97 Å². The van der Waals surface area contributed by atoms with Crippen LogP contribution in [0, 0.1) is 0 Å². The fraction of sp³-hybridized carbons (Fsp3) is 0.235. The van der Waals surface area contributed by atoms with Crippen LogP contribution in [-0.4, -0.2) is 23.7 Å². The van der Waals surface area contributed by atoms with E-state index >= 15 is 0 Å². The van der Waals surface area contributed by atoms with Gasteiger partial charge in [0.05, 0.1) is 0 Å². The highest BCUT2D eigenvalue weighted by molar-refractivity contribution is 5.85. The van der Waals surface area contributed by atoms with E-state index in [0.717, 1.165) is 30.6 Å². The molecule has 1 heterocycles. The van der Waals surface area contributed by atoms with Crippen molar-refractivity contribution in [2.45, 2.75) is 18.9 Å². The van der Waals surface area contributed by atoms with Crippen molar-refractivity contribution in [1.29, 1.82) is 0 Å². The first-order valence-corrected chi connectivity index (χ1v) is 7.04. The lowest BCUT2D eigenvalue weighted by molar-refractivity contribution is -0.139. The fourth-order valence-electron chi connectivity index (χ4n) is 2.27. The van der Waals surface area contributed by atoms with Crippen molar-refractivity contribution in [2.75, 3.05) is 12.3 Å². The lowest BCUT2D eigenvalue weighted by Crippen LogP contribution is -2.29. The summed E-state index contributed by atoms with van der Waals surface area (Å²) in [6.45, 7) is 0.858. The Hall–Kier alpha value is -2.04. The van der Waals surface area contributed by atoms with Gasteiger partial charge in [-0.2, -0.15) is 0 Å². The highest BCUT2D eigenvalue weighted by atomic mass is 35.5. The van der Waals surface area contributed by atoms with E-state index < -0.39 is 5.97 Å². The molecular formula is C17H21ClN2O2. The maximum atomic E-state index is 10.1. The number of rotatable bonds is 2. The quantitative estimate of drug-likeness (QED) is 0.743. The summed E-state index contributed by atoms with van der Waals surface area (Å²) >= 11 is 0. The molecule has 0 saturated carbocycles. The maximum Gasteiger partial charge on any atom is 0.320 e. The summed E-state index contributed by atoms with van der Waals surface area (Å²) in [5, 5.41) is 11.2. The number of para-hydroxylation sites is 1. The Morgan fingerprint density at radius 3 is 2.23 bits per heavy atom. The summed E-state index contributed by atoms with van der Waals surface area (Å²) in [6.07, 6.45) is 1.78. The van der Waals surface area contributed by atoms with Crippen LogP contribution >= 0.6 is 12.4 Å². The number of benzene rings is 2. The third-order valence-electron chi connectivity index (χ3n) is 3.40. The SMILES string of the molecule is Cl.Nc1ccccc1-c1ccccc1.O=C(O)[C@@H]1CCCN1. The molecule has 0 amide bonds. The number of nitrogens with two attached hydrogens (primary N) is 1. The van der Waals surface area contributed by atoms with Crippen LogP contribution in [-0.2, 0) is 4.79 Å². The Labute approximate surface area is 136 Å². The minimum Gasteiger partial charge on any atom is -0.480 e. The number of carboxylic acids is 1. The number of halogens is 1. The largest absolute Gasteiger partial charge is 0.480 e. The van der Waals surface area contributed by atoms with Crippen molar-refractivity contribution in [1.82, 2.24) is 5.32 Å². The van der Waals surface area contributed by atoms with Crippen LogP contribution in [0.25, 0.3) is 11.1 Å². The third kappa shape index (κ3) is 5.06. The van der Waals surface area contributed by atoms with Gasteiger partial charge in [0.2, 0.25) is 0 Å². The molecule has 118 valence electrons. The van der Waals surface area contributed by atoms with Crippen LogP contribution in [0.5, 0.6) is 0 Å². The van der Waals surface area contributed by atoms with Gasteiger partial charge in [0.1, 0.15) is 6.04 Å². The van der Waals surface area contributed by atoms with E-state index in [1.165, 1.54) is 5.56 Å². The summed E-state index contributed by atoms with van der Waals surface area (Å²) in [5.74, 6) is -0.720. The predicted molar refractivity (Wildman–Crippen MR) is 92.2 cm³/mol. The van der Waals surface area contributed by atoms with Crippen molar-refractivity contribution in [2.24, 2.45) is 0 Å². The number of hydrogen-bond acceptors (Lipinski definition) is 3. The number of nitrogen functional groups attached to an aromatic ring is 1. The average molecular weight is 321 g/mol. The molecule has 3 rings (SSSR count). The molecule has 4 N–H and O–H groups in total. The standard InChI is InChI=1S/C12H11N.C5H9NO2.ClH/c13-12-9-5-4-8-11(12)10-6-2-1-3-7-10;7-5(8)4-2-1-3-6-4;/h1-9H,13H2;4,6H,1-3H2,(H,7,8);1H/t;4-;/m.0./s1. The minimum atomic E-state index is -0.720. The van der Waals surface area contributed by atoms with Gasteiger partial charge in [-0.25, -0.2) is 0 Å². The first-order valence-electron chi connectivity index (χ1n) is 7.04. The Morgan fingerprint density at radius 2 is 1.73 bits per heavy atom. The van der Waals surface area contributed by atoms with Gasteiger partial charge in [-0.15, -0.1) is 12.4 Å². The van der Waals surface area contributed by atoms with Crippen LogP contribution < -0.4 is 11.1 Å². The summed E-state index contributed by atoms with van der Waals surface area (Å²) < 4.78 is 0. The van der Waals surface area contributed by atoms with E-state index in [-0.39, 0.29) is 18.4 Å². The summed E-state index contributed by atoms with van der Waals surface area (Å²) in [4.78, 5) is 10.1. The van der Waals surface area contributed by atoms with Gasteiger partial charge in [0.15, 0.2) is 0 Å². The van der Waals surface area contributed by atoms with Crippen LogP contribution in [0.1, 0.15) is 12.8 Å². The van der Waals surface area contributed by atoms with Crippen molar-refractivity contribution < 1.29 is 9.90 Å². The molecule has 0 radical (unpaired) electrons. The first kappa shape index (κ1) is 18.0. The zero-order valence-electron chi connectivity index (χ0n) is 12.2. The van der Waals surface area contributed by atoms with E-state index in [1.54, 1.807) is 0 Å². The lowest BCUT2D eigenvalue weighted by atomic mass is 10.0. The summed E-state index contributed by atoms with van der Waals surface area (Å²) in [5.41, 5.74) is 8.95. The highest BCUT2D eigenvalue weighted by Crippen LogP contribution is 2.24. The number of aliphatic carboxylic acids is 1. The highest BCUT2D eigenvalue weighted by Gasteiger charge is 2.20. The van der Waals surface area contributed by atoms with Crippen molar-refractivity contribution in [3.05, 3.63) is 54.6 Å². The van der Waals surface area contributed by atoms with Gasteiger partial charge < -0.3 is 16.2 Å². The number of hydrogen-bond donors (Lipinski definition) is 3. The van der Waals surface area contributed by atoms with E-state index in [0.29, 0.717) is 0 Å². The first-order chi connectivity index (χ1) is 10.2. The molecule has 2 aromatic carbocycles. The zero-order chi connectivity index (χ0) is 15.1. The molecule has 1 saturated heterocycles. The smallest absolute Gasteiger partial charge is 0.320 e. The molecule has 22 heavy (non-hydrogen) atoms. The van der Waals surface area contributed by atoms with Crippen molar-refractivity contribution in [3.8, 4) is 11.1 Å². The van der Waals surface area contributed by atoms with Gasteiger partial charge in [-0.3, -0.25) is 4.79 Å². The summed E-state index contributed by atoms with van der Waals surface area (Å²) in [7, 11) is 0. The second-order valence-electron chi connectivity index (χ2n) is 4.94. The second-order valence-corrected chi connectivity index (χ2v) is 4.94. The van der Waals surface area contributed by atoms with Crippen LogP contribution in [0.4, 0.5) is 5.69 Å². The maximum absolute atomic E-state index is 10.1. The molecule has 1 fully saturated rings. The number of carbonyl (C=O) groups is 1. The number of nitrogens with one attached hydrogen (secondary N) is 1. The van der Waals surface area contributed by atoms with E-state index in [4.69, 9.17) is 10.8 Å². The van der Waals surface area contributed by atoms with Crippen LogP contribution in [0.15, 0.2) is 54.6 Å². The third-order valence-corrected chi connectivity index (χ3v) is 3.40. The number of carboxylic acid groups (broad SMARTS) is 1. The van der Waals surface area contributed by atoms with Gasteiger partial charge in [0.25, 0.3) is 0 Å². The lowest BCUT2D eigenvalue weighted by Gasteiger charge is -2.03. The van der Waals surface area contributed by atoms with Gasteiger partial charge in [-0.1, -0.05) is 48.5 Å². The van der Waals surface area contributed by atoms with E-state index in [1.807, 2.05) is 42.5 Å². The molecule has 0 aliphatic carbocycles. The van der Waals surface area contributed by atoms with Gasteiger partial charge in [-0.05, 0) is 31.0 Å². The van der Waals surface area contributed by atoms with Crippen molar-refractivity contribution in [3.63, 3.8) is 0 Å². The van der Waals surface area contributed by atoms with E-state index in [2.05, 4.69) is 17.4 Å². The molecule has 1 aliphatic heterocycles.